The van der Waals surface area contributed by atoms with E-state index in [1.807, 2.05) is 0 Å². The molecule has 1 unspecified atom stereocenters. The molecular weight excluding hydrogens is 180 g/mol. The minimum Gasteiger partial charge on any atom is -0.394 e. The van der Waals surface area contributed by atoms with Crippen LogP contribution in [0.4, 0.5) is 0 Å². The molecule has 86 valence electrons. The van der Waals surface area contributed by atoms with E-state index >= 15 is 0 Å². The Labute approximate surface area is 87.4 Å². The van der Waals surface area contributed by atoms with Gasteiger partial charge in [0.2, 0.25) is 0 Å². The standard InChI is InChI=1S/C11H24O3/c1-3-11(2)5-4-7-13-9-10-14-8-6-12/h11-12H,3-10H2,1-2H3. The number of aliphatic hydroxyl groups excluding tert-OH is 1. The molecule has 0 aromatic carbocycles. The van der Waals surface area contributed by atoms with Gasteiger partial charge in [-0.05, 0) is 18.8 Å². The Morgan fingerprint density at radius 3 is 2.29 bits per heavy atom. The Hall–Kier alpha value is -0.120. The van der Waals surface area contributed by atoms with Crippen molar-refractivity contribution in [2.75, 3.05) is 33.0 Å². The predicted molar refractivity (Wildman–Crippen MR) is 57.4 cm³/mol. The second-order valence-electron chi connectivity index (χ2n) is 3.60. The maximum absolute atomic E-state index is 8.43. The number of aliphatic hydroxyl groups is 1. The van der Waals surface area contributed by atoms with E-state index in [9.17, 15) is 0 Å². The van der Waals surface area contributed by atoms with Gasteiger partial charge in [0.1, 0.15) is 0 Å². The molecule has 0 aliphatic carbocycles. The highest BCUT2D eigenvalue weighted by Gasteiger charge is 1.97. The highest BCUT2D eigenvalue weighted by atomic mass is 16.5. The van der Waals surface area contributed by atoms with Crippen LogP contribution in [0, 0.1) is 5.92 Å². The first-order valence-electron chi connectivity index (χ1n) is 5.57. The molecule has 3 heteroatoms. The molecular formula is C11H24O3. The Morgan fingerprint density at radius 2 is 1.71 bits per heavy atom. The minimum atomic E-state index is 0.0913. The first-order chi connectivity index (χ1) is 6.81. The van der Waals surface area contributed by atoms with E-state index in [1.165, 1.54) is 12.8 Å². The molecule has 1 N–H and O–H groups in total. The van der Waals surface area contributed by atoms with Gasteiger partial charge in [0.05, 0.1) is 26.4 Å². The fourth-order valence-corrected chi connectivity index (χ4v) is 1.12. The number of hydrogen-bond acceptors (Lipinski definition) is 3. The summed E-state index contributed by atoms with van der Waals surface area (Å²) in [5.74, 6) is 0.809. The Kier molecular flexibility index (Phi) is 10.9. The highest BCUT2D eigenvalue weighted by Crippen LogP contribution is 2.08. The highest BCUT2D eigenvalue weighted by molar-refractivity contribution is 4.49. The lowest BCUT2D eigenvalue weighted by Crippen LogP contribution is -2.08. The fraction of sp³-hybridized carbons (Fsp3) is 1.00. The van der Waals surface area contributed by atoms with Crippen molar-refractivity contribution in [3.8, 4) is 0 Å². The minimum absolute atomic E-state index is 0.0913. The van der Waals surface area contributed by atoms with Gasteiger partial charge in [0.15, 0.2) is 0 Å². The second-order valence-corrected chi connectivity index (χ2v) is 3.60. The topological polar surface area (TPSA) is 38.7 Å². The van der Waals surface area contributed by atoms with Crippen LogP contribution in [-0.2, 0) is 9.47 Å². The second kappa shape index (κ2) is 11.0. The van der Waals surface area contributed by atoms with Crippen molar-refractivity contribution < 1.29 is 14.6 Å². The van der Waals surface area contributed by atoms with Crippen LogP contribution in [0.25, 0.3) is 0 Å². The van der Waals surface area contributed by atoms with Crippen LogP contribution in [-0.4, -0.2) is 38.1 Å². The molecule has 0 aliphatic heterocycles. The first kappa shape index (κ1) is 13.9. The summed E-state index contributed by atoms with van der Waals surface area (Å²) in [4.78, 5) is 0. The average Bonchev–Trinajstić information content (AvgIpc) is 2.21. The van der Waals surface area contributed by atoms with Gasteiger partial charge in [0, 0.05) is 6.61 Å². The lowest BCUT2D eigenvalue weighted by molar-refractivity contribution is 0.0315. The molecule has 0 radical (unpaired) electrons. The lowest BCUT2D eigenvalue weighted by Gasteiger charge is -2.08. The van der Waals surface area contributed by atoms with Gasteiger partial charge in [-0.1, -0.05) is 20.3 Å². The summed E-state index contributed by atoms with van der Waals surface area (Å²) in [6.07, 6.45) is 3.63. The lowest BCUT2D eigenvalue weighted by atomic mass is 10.0. The summed E-state index contributed by atoms with van der Waals surface area (Å²) < 4.78 is 10.4. The zero-order valence-electron chi connectivity index (χ0n) is 9.50. The molecule has 0 aromatic heterocycles. The summed E-state index contributed by atoms with van der Waals surface area (Å²) in [5, 5.41) is 8.43. The molecule has 0 saturated heterocycles. The van der Waals surface area contributed by atoms with Crippen molar-refractivity contribution in [2.45, 2.75) is 33.1 Å². The Bertz CT molecular complexity index is 107. The number of rotatable bonds is 10. The van der Waals surface area contributed by atoms with E-state index in [4.69, 9.17) is 14.6 Å². The van der Waals surface area contributed by atoms with Crippen molar-refractivity contribution in [3.63, 3.8) is 0 Å². The van der Waals surface area contributed by atoms with Gasteiger partial charge in [-0.2, -0.15) is 0 Å². The van der Waals surface area contributed by atoms with Crippen LogP contribution in [0.1, 0.15) is 33.1 Å². The van der Waals surface area contributed by atoms with Crippen LogP contribution >= 0.6 is 0 Å². The monoisotopic (exact) mass is 204 g/mol. The van der Waals surface area contributed by atoms with Crippen molar-refractivity contribution in [3.05, 3.63) is 0 Å². The zero-order chi connectivity index (χ0) is 10.6. The molecule has 3 nitrogen and oxygen atoms in total. The van der Waals surface area contributed by atoms with E-state index in [2.05, 4.69) is 13.8 Å². The first-order valence-corrected chi connectivity index (χ1v) is 5.57. The predicted octanol–water partition coefficient (Wildman–Crippen LogP) is 1.84. The molecule has 0 aromatic rings. The van der Waals surface area contributed by atoms with Crippen molar-refractivity contribution in [1.82, 2.24) is 0 Å². The van der Waals surface area contributed by atoms with Gasteiger partial charge in [-0.15, -0.1) is 0 Å². The van der Waals surface area contributed by atoms with Crippen LogP contribution in [0.15, 0.2) is 0 Å². The number of ether oxygens (including phenoxy) is 2. The molecule has 0 saturated carbocycles. The molecule has 0 fully saturated rings. The molecule has 0 heterocycles. The summed E-state index contributed by atoms with van der Waals surface area (Å²) in [5.41, 5.74) is 0. The maximum Gasteiger partial charge on any atom is 0.0701 e. The smallest absolute Gasteiger partial charge is 0.0701 e. The summed E-state index contributed by atoms with van der Waals surface area (Å²) in [6.45, 7) is 7.04. The third kappa shape index (κ3) is 9.96. The Balaban J connectivity index is 2.92. The number of hydrogen-bond donors (Lipinski definition) is 1. The molecule has 0 aliphatic rings. The largest absolute Gasteiger partial charge is 0.394 e. The van der Waals surface area contributed by atoms with Crippen LogP contribution in [0.2, 0.25) is 0 Å². The van der Waals surface area contributed by atoms with E-state index < -0.39 is 0 Å². The molecule has 0 amide bonds. The maximum atomic E-state index is 8.43. The van der Waals surface area contributed by atoms with Crippen molar-refractivity contribution in [1.29, 1.82) is 0 Å². The fourth-order valence-electron chi connectivity index (χ4n) is 1.12. The molecule has 1 atom stereocenters. The summed E-state index contributed by atoms with van der Waals surface area (Å²) in [7, 11) is 0. The third-order valence-electron chi connectivity index (χ3n) is 2.29. The van der Waals surface area contributed by atoms with Gasteiger partial charge < -0.3 is 14.6 Å². The van der Waals surface area contributed by atoms with E-state index in [0.717, 1.165) is 18.9 Å². The van der Waals surface area contributed by atoms with Crippen molar-refractivity contribution in [2.24, 2.45) is 5.92 Å². The summed E-state index contributed by atoms with van der Waals surface area (Å²) in [6, 6.07) is 0. The van der Waals surface area contributed by atoms with E-state index in [1.54, 1.807) is 0 Å². The van der Waals surface area contributed by atoms with Gasteiger partial charge >= 0.3 is 0 Å². The Morgan fingerprint density at radius 1 is 1.07 bits per heavy atom. The molecule has 0 rings (SSSR count). The van der Waals surface area contributed by atoms with Crippen molar-refractivity contribution >= 4 is 0 Å². The molecule has 14 heavy (non-hydrogen) atoms. The summed E-state index contributed by atoms with van der Waals surface area (Å²) >= 11 is 0. The van der Waals surface area contributed by atoms with E-state index in [-0.39, 0.29) is 6.61 Å². The zero-order valence-corrected chi connectivity index (χ0v) is 9.50. The van der Waals surface area contributed by atoms with Gasteiger partial charge in [-0.3, -0.25) is 0 Å². The molecule has 0 bridgehead atoms. The van der Waals surface area contributed by atoms with E-state index in [0.29, 0.717) is 19.8 Å². The molecule has 0 spiro atoms. The van der Waals surface area contributed by atoms with Crippen LogP contribution < -0.4 is 0 Å². The third-order valence-corrected chi connectivity index (χ3v) is 2.29. The quantitative estimate of drug-likeness (QED) is 0.552. The van der Waals surface area contributed by atoms with Gasteiger partial charge in [-0.25, -0.2) is 0 Å². The SMILES string of the molecule is CCC(C)CCCOCCOCCO. The average molecular weight is 204 g/mol. The van der Waals surface area contributed by atoms with Crippen LogP contribution in [0.3, 0.4) is 0 Å². The van der Waals surface area contributed by atoms with Gasteiger partial charge in [0.25, 0.3) is 0 Å². The van der Waals surface area contributed by atoms with Crippen LogP contribution in [0.5, 0.6) is 0 Å². The normalized spacial score (nSPS) is 13.1.